The summed E-state index contributed by atoms with van der Waals surface area (Å²) in [6.45, 7) is 6.89. The van der Waals surface area contributed by atoms with Crippen molar-refractivity contribution in [3.8, 4) is 0 Å². The van der Waals surface area contributed by atoms with Crippen molar-refractivity contribution in [3.05, 3.63) is 23.8 Å². The van der Waals surface area contributed by atoms with E-state index >= 15 is 0 Å². The number of carbonyl (C=O) groups excluding carboxylic acids is 1. The fourth-order valence-corrected chi connectivity index (χ4v) is 7.61. The Balaban J connectivity index is 1.77. The molecule has 132 valence electrons. The zero-order chi connectivity index (χ0) is 17.3. The van der Waals surface area contributed by atoms with E-state index in [2.05, 4.69) is 20.8 Å². The Morgan fingerprint density at radius 1 is 1.33 bits per heavy atom. The van der Waals surface area contributed by atoms with Crippen molar-refractivity contribution in [3.63, 3.8) is 0 Å². The molecule has 3 saturated carbocycles. The smallest absolute Gasteiger partial charge is 0.178 e. The van der Waals surface area contributed by atoms with Gasteiger partial charge in [-0.25, -0.2) is 0 Å². The lowest BCUT2D eigenvalue weighted by atomic mass is 9.46. The van der Waals surface area contributed by atoms with Crippen molar-refractivity contribution in [1.29, 1.82) is 0 Å². The Morgan fingerprint density at radius 2 is 2.08 bits per heavy atom. The minimum absolute atomic E-state index is 0.0358. The Morgan fingerprint density at radius 3 is 2.79 bits per heavy atom. The molecule has 0 radical (unpaired) electrons. The van der Waals surface area contributed by atoms with E-state index in [0.29, 0.717) is 11.8 Å². The molecule has 1 N–H and O–H groups in total. The second-order valence-electron chi connectivity index (χ2n) is 9.08. The van der Waals surface area contributed by atoms with E-state index < -0.39 is 0 Å². The Bertz CT molecular complexity index is 623. The second-order valence-corrected chi connectivity index (χ2v) is 9.60. The van der Waals surface area contributed by atoms with Gasteiger partial charge < -0.3 is 5.11 Å². The highest BCUT2D eigenvalue weighted by molar-refractivity contribution is 6.23. The van der Waals surface area contributed by atoms with Crippen LogP contribution in [0.1, 0.15) is 52.9 Å². The number of aliphatic hydroxyl groups is 1. The molecule has 0 aromatic carbocycles. The van der Waals surface area contributed by atoms with Crippen LogP contribution in [0.25, 0.3) is 0 Å². The van der Waals surface area contributed by atoms with Gasteiger partial charge >= 0.3 is 0 Å². The van der Waals surface area contributed by atoms with Gasteiger partial charge in [0.05, 0.1) is 11.5 Å². The third-order valence-electron chi connectivity index (χ3n) is 8.16. The maximum absolute atomic E-state index is 11.9. The van der Waals surface area contributed by atoms with Gasteiger partial charge in [0.2, 0.25) is 0 Å². The molecule has 4 aliphatic carbocycles. The first-order valence-corrected chi connectivity index (χ1v) is 10.0. The number of rotatable bonds is 1. The van der Waals surface area contributed by atoms with Gasteiger partial charge in [0.15, 0.2) is 5.78 Å². The molecular formula is C21H29ClO2. The number of fused-ring (bicyclic) bond motifs is 5. The molecule has 2 nitrogen and oxygen atoms in total. The Hall–Kier alpha value is -0.600. The zero-order valence-electron chi connectivity index (χ0n) is 15.0. The van der Waals surface area contributed by atoms with Gasteiger partial charge in [-0.3, -0.25) is 4.79 Å². The molecule has 0 heterocycles. The van der Waals surface area contributed by atoms with Crippen LogP contribution >= 0.6 is 11.6 Å². The molecule has 0 spiro atoms. The van der Waals surface area contributed by atoms with Gasteiger partial charge in [-0.05, 0) is 66.6 Å². The van der Waals surface area contributed by atoms with Crippen LogP contribution in [0.5, 0.6) is 0 Å². The lowest BCUT2D eigenvalue weighted by Gasteiger charge is -2.59. The summed E-state index contributed by atoms with van der Waals surface area (Å²) >= 11 is 6.78. The number of aliphatic hydroxyl groups excluding tert-OH is 1. The molecular weight excluding hydrogens is 320 g/mol. The number of hydrogen-bond acceptors (Lipinski definition) is 2. The summed E-state index contributed by atoms with van der Waals surface area (Å²) in [4.78, 5) is 11.9. The summed E-state index contributed by atoms with van der Waals surface area (Å²) in [6.07, 6.45) is 10.7. The SMILES string of the molecule is CC[C@H]1CC[C@H]2[C@@H]3C[C@@H](Cl)C4=CC(=O)C=C[C@]4(C)[C@H]3[C@@H](O)C[C@]12C. The summed E-state index contributed by atoms with van der Waals surface area (Å²) in [7, 11) is 0. The lowest BCUT2D eigenvalue weighted by molar-refractivity contribution is -0.118. The average Bonchev–Trinajstić information content (AvgIpc) is 2.84. The molecule has 0 aromatic heterocycles. The van der Waals surface area contributed by atoms with Crippen LogP contribution in [-0.2, 0) is 4.79 Å². The number of ketones is 1. The van der Waals surface area contributed by atoms with Crippen LogP contribution < -0.4 is 0 Å². The molecule has 0 saturated heterocycles. The first kappa shape index (κ1) is 16.8. The van der Waals surface area contributed by atoms with Crippen molar-refractivity contribution in [1.82, 2.24) is 0 Å². The molecule has 0 aromatic rings. The average molecular weight is 349 g/mol. The number of allylic oxidation sites excluding steroid dienone is 4. The maximum atomic E-state index is 11.9. The zero-order valence-corrected chi connectivity index (χ0v) is 15.7. The van der Waals surface area contributed by atoms with Crippen LogP contribution in [0.15, 0.2) is 23.8 Å². The minimum Gasteiger partial charge on any atom is -0.393 e. The highest BCUT2D eigenvalue weighted by atomic mass is 35.5. The van der Waals surface area contributed by atoms with Crippen molar-refractivity contribution < 1.29 is 9.90 Å². The van der Waals surface area contributed by atoms with Gasteiger partial charge in [0, 0.05) is 11.3 Å². The molecule has 0 unspecified atom stereocenters. The van der Waals surface area contributed by atoms with E-state index in [1.165, 1.54) is 19.3 Å². The molecule has 4 aliphatic rings. The van der Waals surface area contributed by atoms with Gasteiger partial charge in [0.25, 0.3) is 0 Å². The van der Waals surface area contributed by atoms with E-state index in [-0.39, 0.29) is 34.0 Å². The number of carbonyl (C=O) groups is 1. The van der Waals surface area contributed by atoms with Crippen molar-refractivity contribution in [2.45, 2.75) is 64.4 Å². The standard InChI is InChI=1S/C21H29ClO2/c1-4-12-5-6-15-14-10-17(22)16-9-13(23)7-8-20(16,2)19(14)18(24)11-21(12,15)3/h7-9,12,14-15,17-19,24H,4-6,10-11H2,1-3H3/t12-,14-,15-,17+,18-,19+,20-,21+/m0/s1. The monoisotopic (exact) mass is 348 g/mol. The van der Waals surface area contributed by atoms with E-state index in [1.807, 2.05) is 6.08 Å². The lowest BCUT2D eigenvalue weighted by Crippen LogP contribution is -2.57. The fraction of sp³-hybridized carbons (Fsp3) is 0.762. The molecule has 4 rings (SSSR count). The quantitative estimate of drug-likeness (QED) is 0.708. The summed E-state index contributed by atoms with van der Waals surface area (Å²) in [6, 6.07) is 0. The van der Waals surface area contributed by atoms with E-state index in [0.717, 1.165) is 24.3 Å². The summed E-state index contributed by atoms with van der Waals surface area (Å²) in [5.74, 6) is 2.06. The van der Waals surface area contributed by atoms with Crippen LogP contribution in [-0.4, -0.2) is 22.4 Å². The van der Waals surface area contributed by atoms with E-state index in [1.54, 1.807) is 12.2 Å². The first-order chi connectivity index (χ1) is 11.3. The van der Waals surface area contributed by atoms with Crippen LogP contribution in [0, 0.1) is 34.5 Å². The molecule has 3 fully saturated rings. The molecule has 0 amide bonds. The molecule has 3 heteroatoms. The van der Waals surface area contributed by atoms with Gasteiger partial charge in [-0.15, -0.1) is 11.6 Å². The highest BCUT2D eigenvalue weighted by Crippen LogP contribution is 2.66. The Labute approximate surface area is 150 Å². The summed E-state index contributed by atoms with van der Waals surface area (Å²) in [5, 5.41) is 11.1. The summed E-state index contributed by atoms with van der Waals surface area (Å²) < 4.78 is 0. The molecule has 24 heavy (non-hydrogen) atoms. The van der Waals surface area contributed by atoms with Crippen LogP contribution in [0.4, 0.5) is 0 Å². The van der Waals surface area contributed by atoms with Gasteiger partial charge in [-0.2, -0.15) is 0 Å². The third kappa shape index (κ3) is 2.08. The van der Waals surface area contributed by atoms with Crippen molar-refractivity contribution in [2.24, 2.45) is 34.5 Å². The van der Waals surface area contributed by atoms with Crippen molar-refractivity contribution >= 4 is 17.4 Å². The molecule has 0 aliphatic heterocycles. The van der Waals surface area contributed by atoms with E-state index in [9.17, 15) is 9.90 Å². The van der Waals surface area contributed by atoms with E-state index in [4.69, 9.17) is 11.6 Å². The number of alkyl halides is 1. The number of halogens is 1. The molecule has 0 bridgehead atoms. The van der Waals surface area contributed by atoms with Gasteiger partial charge in [0.1, 0.15) is 0 Å². The second kappa shape index (κ2) is 5.45. The van der Waals surface area contributed by atoms with Gasteiger partial charge in [-0.1, -0.05) is 33.3 Å². The maximum Gasteiger partial charge on any atom is 0.178 e. The fourth-order valence-electron chi connectivity index (χ4n) is 7.11. The first-order valence-electron chi connectivity index (χ1n) is 9.58. The predicted molar refractivity (Wildman–Crippen MR) is 96.8 cm³/mol. The number of hydrogen-bond donors (Lipinski definition) is 1. The third-order valence-corrected chi connectivity index (χ3v) is 8.58. The van der Waals surface area contributed by atoms with Crippen LogP contribution in [0.3, 0.4) is 0 Å². The summed E-state index contributed by atoms with van der Waals surface area (Å²) in [5.41, 5.74) is 1.01. The molecule has 8 atom stereocenters. The topological polar surface area (TPSA) is 37.3 Å². The van der Waals surface area contributed by atoms with Crippen molar-refractivity contribution in [2.75, 3.05) is 0 Å². The highest BCUT2D eigenvalue weighted by Gasteiger charge is 2.62. The normalized spacial score (nSPS) is 53.2. The predicted octanol–water partition coefficient (Wildman–Crippen LogP) is 4.51. The minimum atomic E-state index is -0.307. The Kier molecular flexibility index (Phi) is 3.82. The largest absolute Gasteiger partial charge is 0.393 e. The van der Waals surface area contributed by atoms with Crippen LogP contribution in [0.2, 0.25) is 0 Å².